The van der Waals surface area contributed by atoms with E-state index >= 15 is 0 Å². The fraction of sp³-hybridized carbons (Fsp3) is 0.400. The monoisotopic (exact) mass is 359 g/mol. The van der Waals surface area contributed by atoms with Gasteiger partial charge in [-0.3, -0.25) is 0 Å². The number of hydrogen-bond acceptors (Lipinski definition) is 2. The lowest BCUT2D eigenvalue weighted by Crippen LogP contribution is -2.30. The van der Waals surface area contributed by atoms with Crippen LogP contribution in [-0.2, 0) is 22.9 Å². The molecule has 2 aromatic carbocycles. The summed E-state index contributed by atoms with van der Waals surface area (Å²) in [5, 5.41) is 0. The SMILES string of the molecule is O=S(=O)(c1ccc2c(c1)CCCC2)N1CCC[C@H]1c1ccc(F)cc1. The molecule has 1 atom stereocenters. The van der Waals surface area contributed by atoms with Gasteiger partial charge in [0, 0.05) is 6.54 Å². The molecule has 0 aromatic heterocycles. The first kappa shape index (κ1) is 16.7. The van der Waals surface area contributed by atoms with E-state index in [1.54, 1.807) is 22.5 Å². The highest BCUT2D eigenvalue weighted by Gasteiger charge is 2.36. The maximum atomic E-state index is 13.2. The van der Waals surface area contributed by atoms with Crippen molar-refractivity contribution in [3.63, 3.8) is 0 Å². The lowest BCUT2D eigenvalue weighted by Gasteiger charge is -2.25. The number of nitrogens with zero attached hydrogens (tertiary/aromatic N) is 1. The summed E-state index contributed by atoms with van der Waals surface area (Å²) < 4.78 is 41.2. The first-order valence-corrected chi connectivity index (χ1v) is 10.4. The van der Waals surface area contributed by atoms with Gasteiger partial charge >= 0.3 is 0 Å². The first-order valence-electron chi connectivity index (χ1n) is 8.95. The zero-order chi connectivity index (χ0) is 17.4. The van der Waals surface area contributed by atoms with Crippen LogP contribution in [0.15, 0.2) is 47.4 Å². The number of aryl methyl sites for hydroxylation is 2. The molecule has 0 saturated carbocycles. The Morgan fingerprint density at radius 2 is 1.64 bits per heavy atom. The van der Waals surface area contributed by atoms with Gasteiger partial charge in [-0.15, -0.1) is 0 Å². The van der Waals surface area contributed by atoms with Gasteiger partial charge in [0.2, 0.25) is 10.0 Å². The van der Waals surface area contributed by atoms with Gasteiger partial charge in [-0.2, -0.15) is 4.31 Å². The van der Waals surface area contributed by atoms with Crippen LogP contribution in [0, 0.1) is 5.82 Å². The Kier molecular flexibility index (Phi) is 4.38. The van der Waals surface area contributed by atoms with Crippen molar-refractivity contribution < 1.29 is 12.8 Å². The fourth-order valence-corrected chi connectivity index (χ4v) is 5.79. The topological polar surface area (TPSA) is 37.4 Å². The van der Waals surface area contributed by atoms with Crippen molar-refractivity contribution in [3.05, 3.63) is 65.0 Å². The third-order valence-corrected chi connectivity index (χ3v) is 7.29. The highest BCUT2D eigenvalue weighted by atomic mass is 32.2. The summed E-state index contributed by atoms with van der Waals surface area (Å²) in [6, 6.07) is 11.6. The number of halogens is 1. The van der Waals surface area contributed by atoms with Gasteiger partial charge < -0.3 is 0 Å². The first-order chi connectivity index (χ1) is 12.1. The Balaban J connectivity index is 1.68. The van der Waals surface area contributed by atoms with Crippen LogP contribution in [-0.4, -0.2) is 19.3 Å². The third-order valence-electron chi connectivity index (χ3n) is 5.39. The van der Waals surface area contributed by atoms with Crippen molar-refractivity contribution in [2.45, 2.75) is 49.5 Å². The minimum atomic E-state index is -3.54. The van der Waals surface area contributed by atoms with E-state index in [1.807, 2.05) is 12.1 Å². The van der Waals surface area contributed by atoms with Crippen LogP contribution in [0.4, 0.5) is 4.39 Å². The summed E-state index contributed by atoms with van der Waals surface area (Å²) in [5.41, 5.74) is 3.31. The van der Waals surface area contributed by atoms with E-state index in [4.69, 9.17) is 0 Å². The smallest absolute Gasteiger partial charge is 0.207 e. The quantitative estimate of drug-likeness (QED) is 0.822. The van der Waals surface area contributed by atoms with Gasteiger partial charge in [0.25, 0.3) is 0 Å². The van der Waals surface area contributed by atoms with Crippen LogP contribution < -0.4 is 0 Å². The van der Waals surface area contributed by atoms with Crippen molar-refractivity contribution in [2.75, 3.05) is 6.54 Å². The number of fused-ring (bicyclic) bond motifs is 1. The highest BCUT2D eigenvalue weighted by molar-refractivity contribution is 7.89. The summed E-state index contributed by atoms with van der Waals surface area (Å²) in [6.07, 6.45) is 5.90. The zero-order valence-electron chi connectivity index (χ0n) is 14.1. The molecular formula is C20H22FNO2S. The van der Waals surface area contributed by atoms with E-state index in [2.05, 4.69) is 0 Å². The molecule has 3 nitrogen and oxygen atoms in total. The lowest BCUT2D eigenvalue weighted by molar-refractivity contribution is 0.396. The second-order valence-electron chi connectivity index (χ2n) is 6.96. The summed E-state index contributed by atoms with van der Waals surface area (Å²) >= 11 is 0. The molecule has 0 amide bonds. The molecule has 1 aliphatic heterocycles. The highest BCUT2D eigenvalue weighted by Crippen LogP contribution is 2.37. The molecule has 4 rings (SSSR count). The molecule has 2 aliphatic rings. The molecule has 1 aliphatic carbocycles. The summed E-state index contributed by atoms with van der Waals surface area (Å²) in [6.45, 7) is 0.515. The predicted molar refractivity (Wildman–Crippen MR) is 95.4 cm³/mol. The minimum absolute atomic E-state index is 0.207. The maximum absolute atomic E-state index is 13.2. The number of sulfonamides is 1. The van der Waals surface area contributed by atoms with Gasteiger partial charge in [-0.05, 0) is 79.5 Å². The van der Waals surface area contributed by atoms with Gasteiger partial charge in [0.1, 0.15) is 5.82 Å². The average molecular weight is 359 g/mol. The van der Waals surface area contributed by atoms with Crippen molar-refractivity contribution in [1.82, 2.24) is 4.31 Å². The number of benzene rings is 2. The molecular weight excluding hydrogens is 337 g/mol. The van der Waals surface area contributed by atoms with E-state index in [-0.39, 0.29) is 11.9 Å². The molecule has 0 unspecified atom stereocenters. The Labute approximate surface area is 148 Å². The van der Waals surface area contributed by atoms with E-state index in [0.717, 1.165) is 37.7 Å². The Morgan fingerprint density at radius 1 is 0.920 bits per heavy atom. The zero-order valence-corrected chi connectivity index (χ0v) is 14.9. The van der Waals surface area contributed by atoms with Crippen LogP contribution in [0.25, 0.3) is 0 Å². The number of rotatable bonds is 3. The van der Waals surface area contributed by atoms with Gasteiger partial charge in [0.15, 0.2) is 0 Å². The predicted octanol–water partition coefficient (Wildman–Crippen LogP) is 4.23. The minimum Gasteiger partial charge on any atom is -0.207 e. The van der Waals surface area contributed by atoms with Crippen LogP contribution >= 0.6 is 0 Å². The standard InChI is InChI=1S/C20H22FNO2S/c21-18-10-7-16(8-11-18)20-6-3-13-22(20)25(23,24)19-12-9-15-4-1-2-5-17(15)14-19/h7-12,14,20H,1-6,13H2/t20-/m0/s1. The fourth-order valence-electron chi connectivity index (χ4n) is 4.05. The number of hydrogen-bond donors (Lipinski definition) is 0. The molecule has 1 heterocycles. The Morgan fingerprint density at radius 3 is 2.40 bits per heavy atom. The normalized spacial score (nSPS) is 21.2. The molecule has 0 radical (unpaired) electrons. The van der Waals surface area contributed by atoms with Crippen LogP contribution in [0.2, 0.25) is 0 Å². The Bertz CT molecular complexity index is 877. The summed E-state index contributed by atoms with van der Waals surface area (Å²) in [7, 11) is -3.54. The molecule has 0 N–H and O–H groups in total. The third kappa shape index (κ3) is 3.11. The molecule has 0 bridgehead atoms. The van der Waals surface area contributed by atoms with Crippen LogP contribution in [0.5, 0.6) is 0 Å². The van der Waals surface area contributed by atoms with Crippen LogP contribution in [0.3, 0.4) is 0 Å². The molecule has 0 spiro atoms. The van der Waals surface area contributed by atoms with Gasteiger partial charge in [-0.25, -0.2) is 12.8 Å². The average Bonchev–Trinajstić information content (AvgIpc) is 3.12. The molecule has 132 valence electrons. The lowest BCUT2D eigenvalue weighted by atomic mass is 9.92. The maximum Gasteiger partial charge on any atom is 0.243 e. The second-order valence-corrected chi connectivity index (χ2v) is 8.85. The van der Waals surface area contributed by atoms with Crippen molar-refractivity contribution >= 4 is 10.0 Å². The van der Waals surface area contributed by atoms with Crippen molar-refractivity contribution in [2.24, 2.45) is 0 Å². The van der Waals surface area contributed by atoms with E-state index < -0.39 is 10.0 Å². The van der Waals surface area contributed by atoms with Gasteiger partial charge in [-0.1, -0.05) is 18.2 Å². The van der Waals surface area contributed by atoms with E-state index in [9.17, 15) is 12.8 Å². The van der Waals surface area contributed by atoms with E-state index in [1.165, 1.54) is 29.7 Å². The molecule has 1 saturated heterocycles. The Hall–Kier alpha value is -1.72. The van der Waals surface area contributed by atoms with E-state index in [0.29, 0.717) is 11.4 Å². The largest absolute Gasteiger partial charge is 0.243 e. The van der Waals surface area contributed by atoms with Crippen molar-refractivity contribution in [1.29, 1.82) is 0 Å². The summed E-state index contributed by atoms with van der Waals surface area (Å²) in [5.74, 6) is -0.300. The van der Waals surface area contributed by atoms with Crippen molar-refractivity contribution in [3.8, 4) is 0 Å². The molecule has 1 fully saturated rings. The van der Waals surface area contributed by atoms with Gasteiger partial charge in [0.05, 0.1) is 10.9 Å². The molecule has 5 heteroatoms. The second kappa shape index (κ2) is 6.54. The summed E-state index contributed by atoms with van der Waals surface area (Å²) in [4.78, 5) is 0.391. The van der Waals surface area contributed by atoms with Crippen LogP contribution in [0.1, 0.15) is 48.4 Å². The molecule has 2 aromatic rings. The molecule has 25 heavy (non-hydrogen) atoms.